The van der Waals surface area contributed by atoms with E-state index in [4.69, 9.17) is 4.74 Å². The fraction of sp³-hybridized carbons (Fsp3) is 0.684. The normalized spacial score (nSPS) is 14.4. The van der Waals surface area contributed by atoms with Gasteiger partial charge < -0.3 is 10.1 Å². The molecule has 0 radical (unpaired) electrons. The van der Waals surface area contributed by atoms with Crippen LogP contribution in [0.2, 0.25) is 0 Å². The second-order valence-corrected chi connectivity index (χ2v) is 6.51. The Balaban J connectivity index is 2.01. The van der Waals surface area contributed by atoms with Gasteiger partial charge in [-0.25, -0.2) is 0 Å². The van der Waals surface area contributed by atoms with E-state index in [1.165, 1.54) is 44.1 Å². The molecule has 1 aliphatic carbocycles. The van der Waals surface area contributed by atoms with Gasteiger partial charge in [-0.2, -0.15) is 0 Å². The molecule has 0 aromatic heterocycles. The highest BCUT2D eigenvalue weighted by Gasteiger charge is 2.26. The molecule has 2 rings (SSSR count). The Bertz CT molecular complexity index is 437. The molecule has 0 heterocycles. The van der Waals surface area contributed by atoms with Crippen LogP contribution >= 0.6 is 0 Å². The van der Waals surface area contributed by atoms with Crippen LogP contribution in [0.1, 0.15) is 49.8 Å². The Hall–Kier alpha value is -0.860. The van der Waals surface area contributed by atoms with E-state index in [1.807, 2.05) is 0 Å². The number of ether oxygens (including phenoxy) is 1. The molecule has 0 fully saturated rings. The highest BCUT2D eigenvalue weighted by Crippen LogP contribution is 2.32. The summed E-state index contributed by atoms with van der Waals surface area (Å²) >= 11 is 0. The average Bonchev–Trinajstić information content (AvgIpc) is 2.98. The van der Waals surface area contributed by atoms with Gasteiger partial charge in [-0.3, -0.25) is 0 Å². The Morgan fingerprint density at radius 1 is 1.14 bits per heavy atom. The van der Waals surface area contributed by atoms with Gasteiger partial charge in [-0.15, -0.1) is 0 Å². The van der Waals surface area contributed by atoms with E-state index < -0.39 is 0 Å². The number of nitrogens with one attached hydrogen (secondary N) is 1. The zero-order valence-electron chi connectivity index (χ0n) is 14.0. The van der Waals surface area contributed by atoms with E-state index >= 15 is 0 Å². The summed E-state index contributed by atoms with van der Waals surface area (Å²) in [6, 6.07) is 7.20. The summed E-state index contributed by atoms with van der Waals surface area (Å²) in [5.41, 5.74) is 5.07. The van der Waals surface area contributed by atoms with E-state index in [0.717, 1.165) is 19.7 Å². The van der Waals surface area contributed by atoms with Gasteiger partial charge in [0.05, 0.1) is 6.61 Å². The Labute approximate surface area is 130 Å². The molecule has 0 aliphatic heterocycles. The molecular formula is C19H31NO. The lowest BCUT2D eigenvalue weighted by Gasteiger charge is -2.32. The van der Waals surface area contributed by atoms with Gasteiger partial charge in [0.15, 0.2) is 0 Å². The van der Waals surface area contributed by atoms with Crippen LogP contribution < -0.4 is 5.32 Å². The standard InChI is InChI=1S/C19H31NO/c1-4-19(5-2,15-20-11-12-21-3)14-16-9-10-17-7-6-8-18(17)13-16/h9-10,13,20H,4-8,11-12,14-15H2,1-3H3. The SMILES string of the molecule is CCC(CC)(CNCCOC)Cc1ccc2c(c1)CCC2. The van der Waals surface area contributed by atoms with Gasteiger partial charge in [-0.1, -0.05) is 32.0 Å². The van der Waals surface area contributed by atoms with Crippen LogP contribution in [0.15, 0.2) is 18.2 Å². The monoisotopic (exact) mass is 289 g/mol. The quantitative estimate of drug-likeness (QED) is 0.699. The molecular weight excluding hydrogens is 258 g/mol. The maximum absolute atomic E-state index is 5.13. The highest BCUT2D eigenvalue weighted by atomic mass is 16.5. The van der Waals surface area contributed by atoms with E-state index in [1.54, 1.807) is 18.2 Å². The first-order valence-corrected chi connectivity index (χ1v) is 8.53. The maximum atomic E-state index is 5.13. The van der Waals surface area contributed by atoms with Gasteiger partial charge in [0.25, 0.3) is 0 Å². The summed E-state index contributed by atoms with van der Waals surface area (Å²) in [6.07, 6.45) is 7.53. The van der Waals surface area contributed by atoms with Crippen molar-refractivity contribution in [1.82, 2.24) is 5.32 Å². The second kappa shape index (κ2) is 7.95. The van der Waals surface area contributed by atoms with Crippen molar-refractivity contribution in [3.8, 4) is 0 Å². The van der Waals surface area contributed by atoms with Gasteiger partial charge in [-0.05, 0) is 60.6 Å². The molecule has 2 heteroatoms. The van der Waals surface area contributed by atoms with Crippen LogP contribution in [0.5, 0.6) is 0 Å². The zero-order valence-corrected chi connectivity index (χ0v) is 14.0. The summed E-state index contributed by atoms with van der Waals surface area (Å²) in [7, 11) is 1.76. The van der Waals surface area contributed by atoms with Gasteiger partial charge in [0.2, 0.25) is 0 Å². The minimum atomic E-state index is 0.376. The number of hydrogen-bond donors (Lipinski definition) is 1. The van der Waals surface area contributed by atoms with Crippen molar-refractivity contribution < 1.29 is 4.74 Å². The fourth-order valence-electron chi connectivity index (χ4n) is 3.51. The molecule has 0 saturated heterocycles. The highest BCUT2D eigenvalue weighted by molar-refractivity contribution is 5.35. The smallest absolute Gasteiger partial charge is 0.0587 e. The second-order valence-electron chi connectivity index (χ2n) is 6.51. The third kappa shape index (κ3) is 4.31. The van der Waals surface area contributed by atoms with Gasteiger partial charge in [0, 0.05) is 20.2 Å². The first kappa shape index (κ1) is 16.5. The van der Waals surface area contributed by atoms with E-state index in [9.17, 15) is 0 Å². The zero-order chi connectivity index (χ0) is 15.1. The summed E-state index contributed by atoms with van der Waals surface area (Å²) in [6.45, 7) is 7.48. The maximum Gasteiger partial charge on any atom is 0.0587 e. The summed E-state index contributed by atoms with van der Waals surface area (Å²) < 4.78 is 5.13. The average molecular weight is 289 g/mol. The minimum absolute atomic E-state index is 0.376. The van der Waals surface area contributed by atoms with Crippen molar-refractivity contribution in [3.63, 3.8) is 0 Å². The lowest BCUT2D eigenvalue weighted by Crippen LogP contribution is -2.36. The molecule has 1 N–H and O–H groups in total. The van der Waals surface area contributed by atoms with E-state index in [-0.39, 0.29) is 0 Å². The topological polar surface area (TPSA) is 21.3 Å². The van der Waals surface area contributed by atoms with E-state index in [0.29, 0.717) is 5.41 Å². The van der Waals surface area contributed by atoms with Crippen LogP contribution in [0.3, 0.4) is 0 Å². The number of rotatable bonds is 9. The summed E-state index contributed by atoms with van der Waals surface area (Å²) in [4.78, 5) is 0. The third-order valence-corrected chi connectivity index (χ3v) is 5.22. The molecule has 0 saturated carbocycles. The molecule has 0 amide bonds. The molecule has 1 aliphatic rings. The molecule has 2 nitrogen and oxygen atoms in total. The van der Waals surface area contributed by atoms with Crippen LogP contribution in [0, 0.1) is 5.41 Å². The van der Waals surface area contributed by atoms with Crippen molar-refractivity contribution in [2.45, 2.75) is 52.4 Å². The van der Waals surface area contributed by atoms with Crippen molar-refractivity contribution in [3.05, 3.63) is 34.9 Å². The number of hydrogen-bond acceptors (Lipinski definition) is 2. The molecule has 0 bridgehead atoms. The van der Waals surface area contributed by atoms with Crippen LogP contribution in [-0.2, 0) is 24.0 Å². The summed E-state index contributed by atoms with van der Waals surface area (Å²) in [5.74, 6) is 0. The lowest BCUT2D eigenvalue weighted by molar-refractivity contribution is 0.185. The van der Waals surface area contributed by atoms with E-state index in [2.05, 4.69) is 37.4 Å². The van der Waals surface area contributed by atoms with Crippen molar-refractivity contribution in [2.75, 3.05) is 26.8 Å². The fourth-order valence-corrected chi connectivity index (χ4v) is 3.51. The summed E-state index contributed by atoms with van der Waals surface area (Å²) in [5, 5.41) is 3.58. The third-order valence-electron chi connectivity index (χ3n) is 5.22. The lowest BCUT2D eigenvalue weighted by atomic mass is 9.76. The Morgan fingerprint density at radius 3 is 2.62 bits per heavy atom. The molecule has 0 atom stereocenters. The van der Waals surface area contributed by atoms with Crippen molar-refractivity contribution in [2.24, 2.45) is 5.41 Å². The van der Waals surface area contributed by atoms with Crippen LogP contribution in [-0.4, -0.2) is 26.8 Å². The molecule has 118 valence electrons. The first-order valence-electron chi connectivity index (χ1n) is 8.53. The molecule has 0 unspecified atom stereocenters. The van der Waals surface area contributed by atoms with Gasteiger partial charge >= 0.3 is 0 Å². The number of methoxy groups -OCH3 is 1. The van der Waals surface area contributed by atoms with Crippen molar-refractivity contribution in [1.29, 1.82) is 0 Å². The number of fused-ring (bicyclic) bond motifs is 1. The molecule has 21 heavy (non-hydrogen) atoms. The van der Waals surface area contributed by atoms with Crippen molar-refractivity contribution >= 4 is 0 Å². The largest absolute Gasteiger partial charge is 0.383 e. The molecule has 1 aromatic carbocycles. The van der Waals surface area contributed by atoms with Gasteiger partial charge in [0.1, 0.15) is 0 Å². The Kier molecular flexibility index (Phi) is 6.25. The molecule has 0 spiro atoms. The van der Waals surface area contributed by atoms with Crippen LogP contribution in [0.4, 0.5) is 0 Å². The first-order chi connectivity index (χ1) is 10.2. The molecule has 1 aromatic rings. The Morgan fingerprint density at radius 2 is 1.90 bits per heavy atom. The predicted octanol–water partition coefficient (Wildman–Crippen LogP) is 3.76. The number of aryl methyl sites for hydroxylation is 2. The minimum Gasteiger partial charge on any atom is -0.383 e. The van der Waals surface area contributed by atoms with Crippen LogP contribution in [0.25, 0.3) is 0 Å². The predicted molar refractivity (Wildman–Crippen MR) is 89.9 cm³/mol. The number of benzene rings is 1.